The van der Waals surface area contributed by atoms with Gasteiger partial charge in [0.15, 0.2) is 0 Å². The fourth-order valence-corrected chi connectivity index (χ4v) is 4.26. The highest BCUT2D eigenvalue weighted by Crippen LogP contribution is 2.31. The number of rotatable bonds is 3. The molecule has 1 aliphatic heterocycles. The zero-order valence-corrected chi connectivity index (χ0v) is 18.8. The molecule has 0 aromatic heterocycles. The monoisotopic (exact) mass is 482 g/mol. The molecule has 0 radical (unpaired) electrons. The van der Waals surface area contributed by atoms with Crippen LogP contribution in [-0.2, 0) is 4.79 Å². The predicted octanol–water partition coefficient (Wildman–Crippen LogP) is 5.03. The lowest BCUT2D eigenvalue weighted by Crippen LogP contribution is -2.52. The van der Waals surface area contributed by atoms with Crippen LogP contribution in [0.1, 0.15) is 33.1 Å². The summed E-state index contributed by atoms with van der Waals surface area (Å²) in [6, 6.07) is 10.9. The minimum atomic E-state index is -0.275. The van der Waals surface area contributed by atoms with Gasteiger partial charge in [-0.1, -0.05) is 62.4 Å². The van der Waals surface area contributed by atoms with Gasteiger partial charge in [0, 0.05) is 25.2 Å². The number of benzene rings is 2. The van der Waals surface area contributed by atoms with Gasteiger partial charge in [-0.2, -0.15) is 0 Å². The number of aryl methyl sites for hydroxylation is 2. The highest BCUT2D eigenvalue weighted by Gasteiger charge is 2.33. The highest BCUT2D eigenvalue weighted by atomic mass is 79.9. The molecule has 1 unspecified atom stereocenters. The van der Waals surface area contributed by atoms with Gasteiger partial charge in [-0.25, -0.2) is 0 Å². The van der Waals surface area contributed by atoms with Crippen LogP contribution in [0.2, 0.25) is 10.0 Å². The Bertz CT molecular complexity index is 899. The van der Waals surface area contributed by atoms with E-state index in [-0.39, 0.29) is 23.2 Å². The van der Waals surface area contributed by atoms with E-state index in [9.17, 15) is 9.59 Å². The Labute approximate surface area is 183 Å². The zero-order chi connectivity index (χ0) is 20.4. The maximum Gasteiger partial charge on any atom is 0.254 e. The second kappa shape index (κ2) is 8.85. The summed E-state index contributed by atoms with van der Waals surface area (Å²) in [5.41, 5.74) is 3.64. The first-order valence-electron chi connectivity index (χ1n) is 8.98. The molecular weight excluding hydrogens is 463 g/mol. The van der Waals surface area contributed by atoms with Gasteiger partial charge in [0.1, 0.15) is 0 Å². The number of carbonyl (C=O) groups is 2. The van der Waals surface area contributed by atoms with E-state index < -0.39 is 0 Å². The zero-order valence-electron chi connectivity index (χ0n) is 15.7. The normalized spacial score (nSPS) is 17.0. The van der Waals surface area contributed by atoms with Crippen LogP contribution in [0.25, 0.3) is 0 Å². The van der Waals surface area contributed by atoms with E-state index >= 15 is 0 Å². The number of halogens is 3. The van der Waals surface area contributed by atoms with Gasteiger partial charge in [0.25, 0.3) is 5.91 Å². The summed E-state index contributed by atoms with van der Waals surface area (Å²) >= 11 is 15.5. The summed E-state index contributed by atoms with van der Waals surface area (Å²) in [4.78, 5) is 29.2. The first-order chi connectivity index (χ1) is 13.3. The number of nitrogens with zero attached hydrogens (tertiary/aromatic N) is 2. The van der Waals surface area contributed by atoms with E-state index in [0.29, 0.717) is 35.2 Å². The minimum absolute atomic E-state index is 0.0189. The summed E-state index contributed by atoms with van der Waals surface area (Å²) in [5.74, 6) is -0.0441. The number of piperazine rings is 1. The molecule has 1 aliphatic rings. The summed E-state index contributed by atoms with van der Waals surface area (Å²) in [7, 11) is 0. The van der Waals surface area contributed by atoms with Gasteiger partial charge >= 0.3 is 0 Å². The van der Waals surface area contributed by atoms with Crippen molar-refractivity contribution in [3.8, 4) is 0 Å². The van der Waals surface area contributed by atoms with Crippen molar-refractivity contribution in [2.45, 2.75) is 19.9 Å². The van der Waals surface area contributed by atoms with Crippen molar-refractivity contribution < 1.29 is 9.59 Å². The number of carbonyl (C=O) groups excluding carboxylic acids is 2. The van der Waals surface area contributed by atoms with Gasteiger partial charge in [0.2, 0.25) is 5.91 Å². The molecular formula is C21H21BrCl2N2O2. The molecule has 0 bridgehead atoms. The predicted molar refractivity (Wildman–Crippen MR) is 117 cm³/mol. The Morgan fingerprint density at radius 3 is 2.32 bits per heavy atom. The Morgan fingerprint density at radius 1 is 1.04 bits per heavy atom. The number of hydrogen-bond donors (Lipinski definition) is 0. The molecule has 1 saturated heterocycles. The topological polar surface area (TPSA) is 40.6 Å². The molecule has 0 saturated carbocycles. The number of amides is 2. The third-order valence-electron chi connectivity index (χ3n) is 4.90. The molecule has 1 fully saturated rings. The molecule has 148 valence electrons. The van der Waals surface area contributed by atoms with Crippen molar-refractivity contribution in [2.24, 2.45) is 0 Å². The van der Waals surface area contributed by atoms with Gasteiger partial charge in [-0.3, -0.25) is 9.59 Å². The lowest BCUT2D eigenvalue weighted by atomic mass is 10.0. The van der Waals surface area contributed by atoms with Crippen LogP contribution in [-0.4, -0.2) is 46.6 Å². The summed E-state index contributed by atoms with van der Waals surface area (Å²) < 4.78 is 0. The molecule has 0 aliphatic carbocycles. The average Bonchev–Trinajstić information content (AvgIpc) is 2.67. The van der Waals surface area contributed by atoms with Crippen LogP contribution in [0, 0.1) is 13.8 Å². The second-order valence-corrected chi connectivity index (χ2v) is 8.41. The molecule has 7 heteroatoms. The van der Waals surface area contributed by atoms with Crippen molar-refractivity contribution in [2.75, 3.05) is 25.0 Å². The smallest absolute Gasteiger partial charge is 0.254 e. The molecule has 2 aromatic rings. The van der Waals surface area contributed by atoms with Crippen molar-refractivity contribution in [3.63, 3.8) is 0 Å². The van der Waals surface area contributed by atoms with Crippen molar-refractivity contribution >= 4 is 50.9 Å². The van der Waals surface area contributed by atoms with Gasteiger partial charge in [-0.15, -0.1) is 0 Å². The Balaban J connectivity index is 1.91. The Hall–Kier alpha value is -1.56. The fourth-order valence-electron chi connectivity index (χ4n) is 3.63. The molecule has 4 nitrogen and oxygen atoms in total. The summed E-state index contributed by atoms with van der Waals surface area (Å²) in [5, 5.41) is 1.13. The van der Waals surface area contributed by atoms with Crippen molar-refractivity contribution in [1.82, 2.24) is 9.80 Å². The largest absolute Gasteiger partial charge is 0.334 e. The van der Waals surface area contributed by atoms with Crippen LogP contribution in [0.4, 0.5) is 0 Å². The van der Waals surface area contributed by atoms with Gasteiger partial charge in [-0.05, 0) is 43.7 Å². The van der Waals surface area contributed by atoms with Crippen LogP contribution in [0.3, 0.4) is 0 Å². The van der Waals surface area contributed by atoms with Crippen molar-refractivity contribution in [3.05, 3.63) is 68.7 Å². The van der Waals surface area contributed by atoms with E-state index in [1.165, 1.54) is 0 Å². The molecule has 0 spiro atoms. The first kappa shape index (κ1) is 21.2. The van der Waals surface area contributed by atoms with E-state index in [1.807, 2.05) is 38.1 Å². The molecule has 28 heavy (non-hydrogen) atoms. The minimum Gasteiger partial charge on any atom is -0.334 e. The lowest BCUT2D eigenvalue weighted by molar-refractivity contribution is -0.132. The van der Waals surface area contributed by atoms with Crippen LogP contribution in [0.5, 0.6) is 0 Å². The molecule has 0 N–H and O–H groups in total. The van der Waals surface area contributed by atoms with E-state index in [1.54, 1.807) is 21.9 Å². The highest BCUT2D eigenvalue weighted by molar-refractivity contribution is 9.09. The van der Waals surface area contributed by atoms with Crippen LogP contribution >= 0.6 is 39.1 Å². The van der Waals surface area contributed by atoms with Crippen molar-refractivity contribution in [1.29, 1.82) is 0 Å². The van der Waals surface area contributed by atoms with Crippen LogP contribution in [0.15, 0.2) is 36.4 Å². The quantitative estimate of drug-likeness (QED) is 0.574. The third kappa shape index (κ3) is 4.53. The Morgan fingerprint density at radius 2 is 1.71 bits per heavy atom. The lowest BCUT2D eigenvalue weighted by Gasteiger charge is -2.41. The molecule has 1 heterocycles. The van der Waals surface area contributed by atoms with E-state index in [2.05, 4.69) is 15.9 Å². The third-order valence-corrected chi connectivity index (χ3v) is 6.12. The standard InChI is InChI=1S/C21H21BrCl2N2O2/c1-13-7-14(2)9-16(8-13)21(28)25-5-6-26(20(27)11-22)19(12-25)15-3-4-17(23)18(24)10-15/h3-4,7-10,19H,5-6,11-12H2,1-2H3. The molecule has 1 atom stereocenters. The summed E-state index contributed by atoms with van der Waals surface area (Å²) in [6.45, 7) is 5.32. The van der Waals surface area contributed by atoms with Crippen LogP contribution < -0.4 is 0 Å². The van der Waals surface area contributed by atoms with Gasteiger partial charge in [0.05, 0.1) is 21.4 Å². The number of alkyl halides is 1. The second-order valence-electron chi connectivity index (χ2n) is 7.04. The molecule has 3 rings (SSSR count). The first-order valence-corrected chi connectivity index (χ1v) is 10.9. The average molecular weight is 484 g/mol. The van der Waals surface area contributed by atoms with E-state index in [0.717, 1.165) is 16.7 Å². The fraction of sp³-hybridized carbons (Fsp3) is 0.333. The molecule has 2 aromatic carbocycles. The van der Waals surface area contributed by atoms with Gasteiger partial charge < -0.3 is 9.80 Å². The maximum atomic E-state index is 13.1. The SMILES string of the molecule is Cc1cc(C)cc(C(=O)N2CCN(C(=O)CBr)C(c3ccc(Cl)c(Cl)c3)C2)c1. The Kier molecular flexibility index (Phi) is 6.69. The number of hydrogen-bond acceptors (Lipinski definition) is 2. The van der Waals surface area contributed by atoms with E-state index in [4.69, 9.17) is 23.2 Å². The summed E-state index contributed by atoms with van der Waals surface area (Å²) in [6.07, 6.45) is 0. The molecule has 2 amide bonds. The maximum absolute atomic E-state index is 13.1.